The van der Waals surface area contributed by atoms with E-state index in [-0.39, 0.29) is 5.54 Å². The van der Waals surface area contributed by atoms with E-state index < -0.39 is 11.7 Å². The van der Waals surface area contributed by atoms with Crippen LogP contribution in [-0.2, 0) is 19.1 Å². The summed E-state index contributed by atoms with van der Waals surface area (Å²) in [6.45, 7) is 7.93. The lowest BCUT2D eigenvalue weighted by Gasteiger charge is -2.39. The monoisotopic (exact) mass is 257 g/mol. The molecule has 4 heteroatoms. The molecule has 0 aliphatic carbocycles. The minimum absolute atomic E-state index is 0.0559. The van der Waals surface area contributed by atoms with Crippen LogP contribution in [0.1, 0.15) is 37.5 Å². The van der Waals surface area contributed by atoms with E-state index in [1.807, 2.05) is 0 Å². The van der Waals surface area contributed by atoms with Gasteiger partial charge >= 0.3 is 6.18 Å². The van der Waals surface area contributed by atoms with Gasteiger partial charge in [-0.15, -0.1) is 0 Å². The van der Waals surface area contributed by atoms with E-state index in [1.54, 1.807) is 6.07 Å². The van der Waals surface area contributed by atoms with Crippen molar-refractivity contribution in [2.24, 2.45) is 0 Å². The lowest BCUT2D eigenvalue weighted by molar-refractivity contribution is -0.137. The third-order valence-corrected chi connectivity index (χ3v) is 3.49. The number of benzene rings is 1. The van der Waals surface area contributed by atoms with Gasteiger partial charge in [0.05, 0.1) is 5.56 Å². The summed E-state index contributed by atoms with van der Waals surface area (Å²) in [7, 11) is 0. The van der Waals surface area contributed by atoms with Gasteiger partial charge in [-0.2, -0.15) is 13.2 Å². The molecular weight excluding hydrogens is 239 g/mol. The fourth-order valence-electron chi connectivity index (χ4n) is 2.30. The van der Waals surface area contributed by atoms with Gasteiger partial charge in [-0.05, 0) is 50.5 Å². The molecule has 0 amide bonds. The van der Waals surface area contributed by atoms with Crippen LogP contribution in [0.2, 0.25) is 0 Å². The van der Waals surface area contributed by atoms with Crippen molar-refractivity contribution in [2.45, 2.75) is 45.5 Å². The van der Waals surface area contributed by atoms with Crippen LogP contribution in [0.4, 0.5) is 13.2 Å². The number of alkyl halides is 3. The van der Waals surface area contributed by atoms with Crippen molar-refractivity contribution in [3.63, 3.8) is 0 Å². The predicted octanol–water partition coefficient (Wildman–Crippen LogP) is 3.86. The molecule has 0 aromatic heterocycles. The van der Waals surface area contributed by atoms with Crippen LogP contribution in [0, 0.1) is 0 Å². The third kappa shape index (κ3) is 2.69. The van der Waals surface area contributed by atoms with Gasteiger partial charge in [0.15, 0.2) is 0 Å². The van der Waals surface area contributed by atoms with Gasteiger partial charge in [-0.1, -0.05) is 6.07 Å². The number of fused-ring (bicyclic) bond motifs is 1. The minimum Gasteiger partial charge on any atom is -0.294 e. The van der Waals surface area contributed by atoms with Crippen molar-refractivity contribution in [2.75, 3.05) is 6.54 Å². The molecule has 0 fully saturated rings. The molecule has 0 saturated heterocycles. The molecule has 0 saturated carbocycles. The van der Waals surface area contributed by atoms with Crippen LogP contribution in [0.15, 0.2) is 18.2 Å². The summed E-state index contributed by atoms with van der Waals surface area (Å²) < 4.78 is 37.8. The number of halogens is 3. The van der Waals surface area contributed by atoms with Gasteiger partial charge in [0.1, 0.15) is 0 Å². The average Bonchev–Trinajstić information content (AvgIpc) is 2.25. The molecule has 1 aliphatic heterocycles. The molecule has 1 nitrogen and oxygen atoms in total. The number of nitrogens with zero attached hydrogens (tertiary/aromatic N) is 1. The quantitative estimate of drug-likeness (QED) is 0.682. The predicted molar refractivity (Wildman–Crippen MR) is 65.3 cm³/mol. The van der Waals surface area contributed by atoms with E-state index in [0.717, 1.165) is 24.2 Å². The van der Waals surface area contributed by atoms with E-state index in [1.165, 1.54) is 12.1 Å². The van der Waals surface area contributed by atoms with Gasteiger partial charge in [-0.3, -0.25) is 4.90 Å². The molecule has 0 N–H and O–H groups in total. The molecule has 1 heterocycles. The second-order valence-electron chi connectivity index (χ2n) is 5.82. The fraction of sp³-hybridized carbons (Fsp3) is 0.571. The van der Waals surface area contributed by atoms with Crippen molar-refractivity contribution in [1.82, 2.24) is 4.90 Å². The first-order valence-corrected chi connectivity index (χ1v) is 6.12. The van der Waals surface area contributed by atoms with Crippen LogP contribution < -0.4 is 0 Å². The van der Waals surface area contributed by atoms with Crippen LogP contribution in [0.5, 0.6) is 0 Å². The molecule has 18 heavy (non-hydrogen) atoms. The Hall–Kier alpha value is -1.03. The summed E-state index contributed by atoms with van der Waals surface area (Å²) in [4.78, 5) is 2.29. The van der Waals surface area contributed by atoms with E-state index in [4.69, 9.17) is 0 Å². The third-order valence-electron chi connectivity index (χ3n) is 3.49. The maximum absolute atomic E-state index is 12.6. The van der Waals surface area contributed by atoms with Crippen molar-refractivity contribution < 1.29 is 13.2 Å². The number of rotatable bonds is 0. The van der Waals surface area contributed by atoms with Crippen LogP contribution >= 0.6 is 0 Å². The molecule has 100 valence electrons. The van der Waals surface area contributed by atoms with Crippen molar-refractivity contribution >= 4 is 0 Å². The highest BCUT2D eigenvalue weighted by atomic mass is 19.4. The maximum Gasteiger partial charge on any atom is 0.416 e. The molecule has 0 unspecified atom stereocenters. The maximum atomic E-state index is 12.6. The Morgan fingerprint density at radius 2 is 1.72 bits per heavy atom. The van der Waals surface area contributed by atoms with Crippen LogP contribution in [0.25, 0.3) is 0 Å². The van der Waals surface area contributed by atoms with Gasteiger partial charge in [-0.25, -0.2) is 0 Å². The van der Waals surface area contributed by atoms with Gasteiger partial charge in [0.25, 0.3) is 0 Å². The first-order valence-electron chi connectivity index (χ1n) is 6.12. The van der Waals surface area contributed by atoms with E-state index in [2.05, 4.69) is 25.7 Å². The van der Waals surface area contributed by atoms with Crippen molar-refractivity contribution in [1.29, 1.82) is 0 Å². The minimum atomic E-state index is -4.24. The first-order chi connectivity index (χ1) is 8.18. The zero-order valence-electron chi connectivity index (χ0n) is 10.9. The first kappa shape index (κ1) is 13.4. The second kappa shape index (κ2) is 4.26. The number of hydrogen-bond acceptors (Lipinski definition) is 1. The Morgan fingerprint density at radius 3 is 2.28 bits per heavy atom. The van der Waals surface area contributed by atoms with Gasteiger partial charge in [0, 0.05) is 18.6 Å². The topological polar surface area (TPSA) is 3.24 Å². The molecule has 2 rings (SSSR count). The summed E-state index contributed by atoms with van der Waals surface area (Å²) in [5.41, 5.74) is 1.38. The average molecular weight is 257 g/mol. The summed E-state index contributed by atoms with van der Waals surface area (Å²) in [6.07, 6.45) is -3.55. The highest BCUT2D eigenvalue weighted by Crippen LogP contribution is 2.33. The van der Waals surface area contributed by atoms with Gasteiger partial charge in [0.2, 0.25) is 0 Å². The summed E-state index contributed by atoms with van der Waals surface area (Å²) in [6, 6.07) is 4.11. The fourth-order valence-corrected chi connectivity index (χ4v) is 2.30. The van der Waals surface area contributed by atoms with Crippen molar-refractivity contribution in [3.05, 3.63) is 34.9 Å². The molecule has 0 atom stereocenters. The molecule has 0 bridgehead atoms. The molecule has 1 aromatic carbocycles. The Balaban J connectivity index is 2.27. The molecule has 1 aromatic rings. The Kier molecular flexibility index (Phi) is 3.18. The molecule has 0 spiro atoms. The second-order valence-corrected chi connectivity index (χ2v) is 5.82. The normalized spacial score (nSPS) is 17.7. The number of hydrogen-bond donors (Lipinski definition) is 0. The summed E-state index contributed by atoms with van der Waals surface area (Å²) >= 11 is 0. The summed E-state index contributed by atoms with van der Waals surface area (Å²) in [5, 5.41) is 0. The van der Waals surface area contributed by atoms with Crippen LogP contribution in [0.3, 0.4) is 0 Å². The zero-order chi connectivity index (χ0) is 13.6. The van der Waals surface area contributed by atoms with E-state index in [0.29, 0.717) is 6.42 Å². The van der Waals surface area contributed by atoms with E-state index >= 15 is 0 Å². The molecular formula is C14H18F3N. The Labute approximate surface area is 106 Å². The van der Waals surface area contributed by atoms with E-state index in [9.17, 15) is 13.2 Å². The smallest absolute Gasteiger partial charge is 0.294 e. The lowest BCUT2D eigenvalue weighted by atomic mass is 9.93. The van der Waals surface area contributed by atoms with Gasteiger partial charge < -0.3 is 0 Å². The van der Waals surface area contributed by atoms with Crippen molar-refractivity contribution in [3.8, 4) is 0 Å². The zero-order valence-corrected chi connectivity index (χ0v) is 10.9. The lowest BCUT2D eigenvalue weighted by Crippen LogP contribution is -2.44. The molecule has 1 aliphatic rings. The molecule has 0 radical (unpaired) electrons. The Morgan fingerprint density at radius 1 is 1.06 bits per heavy atom. The highest BCUT2D eigenvalue weighted by Gasteiger charge is 2.32. The largest absolute Gasteiger partial charge is 0.416 e. The van der Waals surface area contributed by atoms with Crippen LogP contribution in [-0.4, -0.2) is 17.0 Å². The summed E-state index contributed by atoms with van der Waals surface area (Å²) in [5.74, 6) is 0. The standard InChI is InChI=1S/C14H18F3N/c1-13(2,3)18-7-6-10-8-12(14(15,16)17)5-4-11(10)9-18/h4-5,8H,6-7,9H2,1-3H3. The SMILES string of the molecule is CC(C)(C)N1CCc2cc(C(F)(F)F)ccc2C1. The Bertz CT molecular complexity index is 443. The highest BCUT2D eigenvalue weighted by molar-refractivity contribution is 5.35.